The van der Waals surface area contributed by atoms with Crippen LogP contribution >= 0.6 is 12.4 Å². The molecular formula is C16H21ClN6O5. The Morgan fingerprint density at radius 2 is 1.96 bits per heavy atom. The highest BCUT2D eigenvalue weighted by atomic mass is 35.5. The lowest BCUT2D eigenvalue weighted by atomic mass is 9.91. The van der Waals surface area contributed by atoms with Crippen LogP contribution in [0.25, 0.3) is 0 Å². The van der Waals surface area contributed by atoms with Gasteiger partial charge in [0.1, 0.15) is 18.1 Å². The Labute approximate surface area is 166 Å². The number of carbonyl (C=O) groups is 4. The van der Waals surface area contributed by atoms with E-state index < -0.39 is 41.9 Å². The third-order valence-corrected chi connectivity index (χ3v) is 4.12. The van der Waals surface area contributed by atoms with Gasteiger partial charge in [0.2, 0.25) is 5.91 Å². The lowest BCUT2D eigenvalue weighted by Crippen LogP contribution is -2.47. The average Bonchev–Trinajstić information content (AvgIpc) is 2.84. The van der Waals surface area contributed by atoms with Crippen LogP contribution in [0.1, 0.15) is 18.1 Å². The van der Waals surface area contributed by atoms with Crippen LogP contribution in [-0.2, 0) is 19.9 Å². The van der Waals surface area contributed by atoms with Gasteiger partial charge in [-0.15, -0.1) is 12.4 Å². The molecule has 0 saturated carbocycles. The molecule has 152 valence electrons. The number of carboxylic acids is 1. The largest absolute Gasteiger partial charge is 0.480 e. The van der Waals surface area contributed by atoms with Gasteiger partial charge < -0.3 is 27.3 Å². The van der Waals surface area contributed by atoms with Gasteiger partial charge in [-0.25, -0.2) is 4.79 Å². The molecule has 0 bridgehead atoms. The molecule has 1 aromatic carbocycles. The van der Waals surface area contributed by atoms with E-state index in [9.17, 15) is 19.2 Å². The van der Waals surface area contributed by atoms with E-state index in [2.05, 4.69) is 15.7 Å². The molecule has 1 aliphatic rings. The molecule has 12 heteroatoms. The quantitative estimate of drug-likeness (QED) is 0.159. The zero-order valence-electron chi connectivity index (χ0n) is 14.9. The van der Waals surface area contributed by atoms with Crippen molar-refractivity contribution < 1.29 is 24.3 Å². The summed E-state index contributed by atoms with van der Waals surface area (Å²) < 4.78 is 0. The number of urea groups is 1. The Bertz CT molecular complexity index is 799. The first kappa shape index (κ1) is 22.9. The highest BCUT2D eigenvalue weighted by molar-refractivity contribution is 6.09. The molecule has 11 nitrogen and oxygen atoms in total. The van der Waals surface area contributed by atoms with E-state index in [4.69, 9.17) is 16.7 Å². The average molecular weight is 413 g/mol. The number of amides is 4. The van der Waals surface area contributed by atoms with E-state index in [1.54, 1.807) is 24.3 Å². The number of carbonyl (C=O) groups excluding carboxylic acids is 3. The van der Waals surface area contributed by atoms with E-state index in [1.807, 2.05) is 0 Å². The van der Waals surface area contributed by atoms with Gasteiger partial charge in [-0.1, -0.05) is 24.3 Å². The monoisotopic (exact) mass is 412 g/mol. The molecule has 1 aliphatic heterocycles. The van der Waals surface area contributed by atoms with Crippen molar-refractivity contribution in [2.24, 2.45) is 16.7 Å². The van der Waals surface area contributed by atoms with Crippen molar-refractivity contribution >= 4 is 42.4 Å². The van der Waals surface area contributed by atoms with Crippen molar-refractivity contribution in [2.45, 2.75) is 18.5 Å². The van der Waals surface area contributed by atoms with Crippen molar-refractivity contribution in [3.05, 3.63) is 35.4 Å². The molecule has 28 heavy (non-hydrogen) atoms. The standard InChI is InChI=1S/C16H20N6O5.ClH/c1-16(10-4-2-9(3-5-10)6-20-18)14(26)22(15(27)21-16)8-12(23)19-7-11(17)13(24)25;/h2-6,11H,7-8,17-18H2,1H3,(H,19,23)(H,21,27)(H,24,25);1H. The maximum atomic E-state index is 12.7. The summed E-state index contributed by atoms with van der Waals surface area (Å²) in [6.45, 7) is 0.654. The van der Waals surface area contributed by atoms with Crippen LogP contribution in [0.5, 0.6) is 0 Å². The van der Waals surface area contributed by atoms with Crippen LogP contribution in [0.15, 0.2) is 29.4 Å². The number of hydrogen-bond acceptors (Lipinski definition) is 7. The van der Waals surface area contributed by atoms with Gasteiger partial charge in [-0.05, 0) is 18.1 Å². The molecule has 7 N–H and O–H groups in total. The zero-order chi connectivity index (χ0) is 20.2. The number of rotatable bonds is 7. The van der Waals surface area contributed by atoms with Gasteiger partial charge in [-0.3, -0.25) is 19.3 Å². The zero-order valence-corrected chi connectivity index (χ0v) is 15.7. The number of nitrogens with one attached hydrogen (secondary N) is 2. The number of halogens is 1. The normalized spacial score (nSPS) is 19.9. The lowest BCUT2D eigenvalue weighted by molar-refractivity contribution is -0.139. The summed E-state index contributed by atoms with van der Waals surface area (Å²) in [4.78, 5) is 48.2. The molecule has 2 unspecified atom stereocenters. The minimum Gasteiger partial charge on any atom is -0.480 e. The SMILES string of the molecule is CC1(c2ccc(C=NN)cc2)NC(=O)N(CC(=O)NCC(N)C(=O)O)C1=O.Cl. The summed E-state index contributed by atoms with van der Waals surface area (Å²) in [5.41, 5.74) is 5.18. The predicted molar refractivity (Wildman–Crippen MR) is 102 cm³/mol. The van der Waals surface area contributed by atoms with Crippen molar-refractivity contribution in [1.29, 1.82) is 0 Å². The molecule has 2 atom stereocenters. The maximum absolute atomic E-state index is 12.7. The van der Waals surface area contributed by atoms with E-state index >= 15 is 0 Å². The van der Waals surface area contributed by atoms with Crippen LogP contribution in [-0.4, -0.2) is 59.2 Å². The van der Waals surface area contributed by atoms with E-state index in [0.717, 1.165) is 4.90 Å². The third-order valence-electron chi connectivity index (χ3n) is 4.12. The molecule has 0 aromatic heterocycles. The van der Waals surface area contributed by atoms with Gasteiger partial charge in [-0.2, -0.15) is 5.10 Å². The fourth-order valence-corrected chi connectivity index (χ4v) is 2.54. The van der Waals surface area contributed by atoms with Crippen LogP contribution < -0.4 is 22.2 Å². The molecule has 1 fully saturated rings. The van der Waals surface area contributed by atoms with Gasteiger partial charge in [0.05, 0.1) is 6.21 Å². The predicted octanol–water partition coefficient (Wildman–Crippen LogP) is -1.30. The Morgan fingerprint density at radius 1 is 1.36 bits per heavy atom. The Hall–Kier alpha value is -3.18. The Morgan fingerprint density at radius 3 is 2.50 bits per heavy atom. The number of benzene rings is 1. The van der Waals surface area contributed by atoms with Crippen LogP contribution in [0.2, 0.25) is 0 Å². The molecule has 1 heterocycles. The molecular weight excluding hydrogens is 392 g/mol. The van der Waals surface area contributed by atoms with Crippen LogP contribution in [0.4, 0.5) is 4.79 Å². The number of aliphatic carboxylic acids is 1. The van der Waals surface area contributed by atoms with Crippen molar-refractivity contribution in [2.75, 3.05) is 13.1 Å². The first-order chi connectivity index (χ1) is 12.7. The smallest absolute Gasteiger partial charge is 0.325 e. The fraction of sp³-hybridized carbons (Fsp3) is 0.312. The minimum atomic E-state index is -1.34. The molecule has 2 rings (SSSR count). The van der Waals surface area contributed by atoms with Gasteiger partial charge in [0.25, 0.3) is 5.91 Å². The molecule has 1 saturated heterocycles. The number of carboxylic acid groups (broad SMARTS) is 1. The molecule has 0 spiro atoms. The first-order valence-electron chi connectivity index (χ1n) is 7.92. The number of nitrogens with two attached hydrogens (primary N) is 2. The van der Waals surface area contributed by atoms with Crippen molar-refractivity contribution in [1.82, 2.24) is 15.5 Å². The lowest BCUT2D eigenvalue weighted by Gasteiger charge is -2.22. The molecule has 0 radical (unpaired) electrons. The Balaban J connectivity index is 0.00000392. The molecule has 0 aliphatic carbocycles. The highest BCUT2D eigenvalue weighted by Crippen LogP contribution is 2.28. The van der Waals surface area contributed by atoms with Gasteiger partial charge in [0.15, 0.2) is 0 Å². The highest BCUT2D eigenvalue weighted by Gasteiger charge is 2.49. The van der Waals surface area contributed by atoms with Gasteiger partial charge >= 0.3 is 12.0 Å². The summed E-state index contributed by atoms with van der Waals surface area (Å²) in [6, 6.07) is 4.64. The summed E-state index contributed by atoms with van der Waals surface area (Å²) in [5.74, 6) is 2.50. The number of hydrogen-bond donors (Lipinski definition) is 5. The summed E-state index contributed by atoms with van der Waals surface area (Å²) in [7, 11) is 0. The third kappa shape index (κ3) is 4.75. The molecule has 1 aromatic rings. The topological polar surface area (TPSA) is 180 Å². The van der Waals surface area contributed by atoms with Crippen molar-refractivity contribution in [3.8, 4) is 0 Å². The second kappa shape index (κ2) is 9.15. The summed E-state index contributed by atoms with van der Waals surface area (Å²) in [5, 5.41) is 16.9. The van der Waals surface area contributed by atoms with E-state index in [-0.39, 0.29) is 19.0 Å². The van der Waals surface area contributed by atoms with Crippen molar-refractivity contribution in [3.63, 3.8) is 0 Å². The second-order valence-electron chi connectivity index (χ2n) is 6.10. The summed E-state index contributed by atoms with van der Waals surface area (Å²) >= 11 is 0. The fourth-order valence-electron chi connectivity index (χ4n) is 2.54. The Kier molecular flexibility index (Phi) is 7.47. The number of nitrogens with zero attached hydrogens (tertiary/aromatic N) is 2. The minimum absolute atomic E-state index is 0. The first-order valence-corrected chi connectivity index (χ1v) is 7.92. The maximum Gasteiger partial charge on any atom is 0.325 e. The number of hydrazone groups is 1. The van der Waals surface area contributed by atoms with Crippen LogP contribution in [0, 0.1) is 0 Å². The van der Waals surface area contributed by atoms with Gasteiger partial charge in [0, 0.05) is 6.54 Å². The van der Waals surface area contributed by atoms with Crippen LogP contribution in [0.3, 0.4) is 0 Å². The number of imide groups is 1. The second-order valence-corrected chi connectivity index (χ2v) is 6.10. The van der Waals surface area contributed by atoms with E-state index in [1.165, 1.54) is 13.1 Å². The van der Waals surface area contributed by atoms with E-state index in [0.29, 0.717) is 11.1 Å². The molecule has 4 amide bonds. The summed E-state index contributed by atoms with van der Waals surface area (Å²) in [6.07, 6.45) is 1.43.